The van der Waals surface area contributed by atoms with Crippen LogP contribution in [-0.2, 0) is 14.3 Å². The number of ketones is 2. The van der Waals surface area contributed by atoms with Crippen LogP contribution in [-0.4, -0.2) is 24.1 Å². The van der Waals surface area contributed by atoms with Gasteiger partial charge in [-0.3, -0.25) is 9.59 Å². The van der Waals surface area contributed by atoms with Crippen molar-refractivity contribution in [2.24, 2.45) is 5.92 Å². The molecule has 0 spiro atoms. The monoisotopic (exact) mass is 262 g/mol. The highest BCUT2D eigenvalue weighted by molar-refractivity contribution is 6.00. The molecule has 0 heterocycles. The molecule has 0 saturated carbocycles. The lowest BCUT2D eigenvalue weighted by molar-refractivity contribution is -0.130. The first-order valence-corrected chi connectivity index (χ1v) is 6.25. The van der Waals surface area contributed by atoms with Gasteiger partial charge in [-0.05, 0) is 38.8 Å². The highest BCUT2D eigenvalue weighted by atomic mass is 16.5. The van der Waals surface area contributed by atoms with E-state index in [0.717, 1.165) is 0 Å². The maximum atomic E-state index is 11.6. The number of carbonyl (C=O) groups excluding carboxylic acids is 3. The number of ether oxygens (including phenoxy) is 1. The van der Waals surface area contributed by atoms with Crippen molar-refractivity contribution in [2.45, 2.75) is 26.7 Å². The van der Waals surface area contributed by atoms with Crippen LogP contribution in [0.2, 0.25) is 0 Å². The summed E-state index contributed by atoms with van der Waals surface area (Å²) in [6.07, 6.45) is 0.926. The zero-order valence-electron chi connectivity index (χ0n) is 11.2. The topological polar surface area (TPSA) is 60.4 Å². The van der Waals surface area contributed by atoms with Gasteiger partial charge in [-0.15, -0.1) is 0 Å². The SMILES string of the molecule is CC(=O)C(CCCOC(=O)c1ccccc1)C(C)=O. The Morgan fingerprint density at radius 2 is 1.63 bits per heavy atom. The maximum Gasteiger partial charge on any atom is 0.338 e. The highest BCUT2D eigenvalue weighted by Crippen LogP contribution is 2.10. The second kappa shape index (κ2) is 7.46. The Kier molecular flexibility index (Phi) is 5.93. The summed E-state index contributed by atoms with van der Waals surface area (Å²) in [7, 11) is 0. The predicted octanol–water partition coefficient (Wildman–Crippen LogP) is 2.42. The summed E-state index contributed by atoms with van der Waals surface area (Å²) < 4.78 is 5.08. The van der Waals surface area contributed by atoms with Crippen LogP contribution >= 0.6 is 0 Å². The van der Waals surface area contributed by atoms with Crippen molar-refractivity contribution < 1.29 is 19.1 Å². The molecule has 19 heavy (non-hydrogen) atoms. The summed E-state index contributed by atoms with van der Waals surface area (Å²) in [6.45, 7) is 3.02. The first-order valence-electron chi connectivity index (χ1n) is 6.25. The molecule has 1 aromatic rings. The average molecular weight is 262 g/mol. The second-order valence-electron chi connectivity index (χ2n) is 4.42. The van der Waals surface area contributed by atoms with Crippen LogP contribution in [0.25, 0.3) is 0 Å². The predicted molar refractivity (Wildman–Crippen MR) is 70.8 cm³/mol. The van der Waals surface area contributed by atoms with E-state index in [1.54, 1.807) is 24.3 Å². The standard InChI is InChI=1S/C15H18O4/c1-11(16)14(12(2)17)9-6-10-19-15(18)13-7-4-3-5-8-13/h3-5,7-8,14H,6,9-10H2,1-2H3. The lowest BCUT2D eigenvalue weighted by Gasteiger charge is -2.10. The van der Waals surface area contributed by atoms with E-state index in [1.807, 2.05) is 6.07 Å². The van der Waals surface area contributed by atoms with Crippen molar-refractivity contribution in [2.75, 3.05) is 6.61 Å². The summed E-state index contributed by atoms with van der Waals surface area (Å²) in [4.78, 5) is 34.0. The van der Waals surface area contributed by atoms with Crippen LogP contribution in [0.1, 0.15) is 37.0 Å². The fourth-order valence-electron chi connectivity index (χ4n) is 1.80. The smallest absolute Gasteiger partial charge is 0.338 e. The molecule has 0 atom stereocenters. The van der Waals surface area contributed by atoms with Crippen LogP contribution in [0.3, 0.4) is 0 Å². The zero-order valence-corrected chi connectivity index (χ0v) is 11.2. The van der Waals surface area contributed by atoms with Crippen LogP contribution < -0.4 is 0 Å². The number of hydrogen-bond acceptors (Lipinski definition) is 4. The van der Waals surface area contributed by atoms with Gasteiger partial charge >= 0.3 is 5.97 Å². The van der Waals surface area contributed by atoms with Crippen molar-refractivity contribution in [1.82, 2.24) is 0 Å². The number of carbonyl (C=O) groups is 3. The van der Waals surface area contributed by atoms with Crippen molar-refractivity contribution in [3.8, 4) is 0 Å². The molecule has 0 radical (unpaired) electrons. The van der Waals surface area contributed by atoms with Gasteiger partial charge in [0, 0.05) is 0 Å². The Morgan fingerprint density at radius 3 is 2.16 bits per heavy atom. The van der Waals surface area contributed by atoms with Crippen molar-refractivity contribution >= 4 is 17.5 Å². The number of benzene rings is 1. The number of Topliss-reactive ketones (excluding diaryl/α,β-unsaturated/α-hetero) is 2. The lowest BCUT2D eigenvalue weighted by Crippen LogP contribution is -2.20. The second-order valence-corrected chi connectivity index (χ2v) is 4.42. The molecular weight excluding hydrogens is 244 g/mol. The Balaban J connectivity index is 2.33. The molecule has 1 aromatic carbocycles. The van der Waals surface area contributed by atoms with Gasteiger partial charge in [-0.1, -0.05) is 18.2 Å². The molecule has 0 bridgehead atoms. The summed E-state index contributed by atoms with van der Waals surface area (Å²) in [5.74, 6) is -1.23. The third-order valence-electron chi connectivity index (χ3n) is 2.86. The van der Waals surface area contributed by atoms with Gasteiger partial charge in [-0.2, -0.15) is 0 Å². The number of esters is 1. The molecule has 1 rings (SSSR count). The van der Waals surface area contributed by atoms with Gasteiger partial charge in [0.1, 0.15) is 11.6 Å². The molecule has 0 N–H and O–H groups in total. The summed E-state index contributed by atoms with van der Waals surface area (Å²) in [6, 6.07) is 8.70. The molecule has 0 aliphatic heterocycles. The number of rotatable bonds is 7. The Morgan fingerprint density at radius 1 is 1.05 bits per heavy atom. The van der Waals surface area contributed by atoms with Crippen LogP contribution in [0.4, 0.5) is 0 Å². The van der Waals surface area contributed by atoms with E-state index in [4.69, 9.17) is 4.74 Å². The van der Waals surface area contributed by atoms with Gasteiger partial charge in [0.25, 0.3) is 0 Å². The van der Waals surface area contributed by atoms with E-state index in [2.05, 4.69) is 0 Å². The van der Waals surface area contributed by atoms with E-state index >= 15 is 0 Å². The van der Waals surface area contributed by atoms with Gasteiger partial charge in [0.15, 0.2) is 0 Å². The van der Waals surface area contributed by atoms with E-state index in [-0.39, 0.29) is 24.1 Å². The minimum absolute atomic E-state index is 0.137. The average Bonchev–Trinajstić information content (AvgIpc) is 2.38. The van der Waals surface area contributed by atoms with Crippen molar-refractivity contribution in [1.29, 1.82) is 0 Å². The molecule has 0 aromatic heterocycles. The molecule has 0 saturated heterocycles. The molecule has 102 valence electrons. The van der Waals surface area contributed by atoms with Crippen LogP contribution in [0.15, 0.2) is 30.3 Å². The molecule has 4 nitrogen and oxygen atoms in total. The highest BCUT2D eigenvalue weighted by Gasteiger charge is 2.18. The largest absolute Gasteiger partial charge is 0.462 e. The fraction of sp³-hybridized carbons (Fsp3) is 0.400. The third-order valence-corrected chi connectivity index (χ3v) is 2.86. The normalized spacial score (nSPS) is 10.3. The molecule has 0 unspecified atom stereocenters. The van der Waals surface area contributed by atoms with Crippen LogP contribution in [0.5, 0.6) is 0 Å². The van der Waals surface area contributed by atoms with Gasteiger partial charge in [-0.25, -0.2) is 4.79 Å². The Labute approximate surface area is 112 Å². The van der Waals surface area contributed by atoms with Gasteiger partial charge < -0.3 is 4.74 Å². The van der Waals surface area contributed by atoms with Crippen LogP contribution in [0, 0.1) is 5.92 Å². The molecule has 0 aliphatic rings. The first-order chi connectivity index (χ1) is 9.02. The van der Waals surface area contributed by atoms with Crippen molar-refractivity contribution in [3.63, 3.8) is 0 Å². The molecular formula is C15H18O4. The lowest BCUT2D eigenvalue weighted by atomic mass is 9.95. The van der Waals surface area contributed by atoms with Crippen molar-refractivity contribution in [3.05, 3.63) is 35.9 Å². The molecule has 0 fully saturated rings. The van der Waals surface area contributed by atoms with Gasteiger partial charge in [0.05, 0.1) is 18.1 Å². The van der Waals surface area contributed by atoms with E-state index in [0.29, 0.717) is 18.4 Å². The quantitative estimate of drug-likeness (QED) is 0.430. The summed E-state index contributed by atoms with van der Waals surface area (Å²) in [5.41, 5.74) is 0.497. The fourth-order valence-corrected chi connectivity index (χ4v) is 1.80. The first kappa shape index (κ1) is 15.1. The minimum atomic E-state index is -0.574. The van der Waals surface area contributed by atoms with E-state index in [1.165, 1.54) is 13.8 Å². The molecule has 0 amide bonds. The summed E-state index contributed by atoms with van der Waals surface area (Å²) >= 11 is 0. The third kappa shape index (κ3) is 5.04. The Bertz CT molecular complexity index is 436. The Hall–Kier alpha value is -1.97. The van der Waals surface area contributed by atoms with E-state index < -0.39 is 5.92 Å². The maximum absolute atomic E-state index is 11.6. The number of hydrogen-bond donors (Lipinski definition) is 0. The van der Waals surface area contributed by atoms with E-state index in [9.17, 15) is 14.4 Å². The van der Waals surface area contributed by atoms with Gasteiger partial charge in [0.2, 0.25) is 0 Å². The summed E-state index contributed by atoms with van der Waals surface area (Å²) in [5, 5.41) is 0. The minimum Gasteiger partial charge on any atom is -0.462 e. The molecule has 0 aliphatic carbocycles. The zero-order chi connectivity index (χ0) is 14.3. The molecule has 4 heteroatoms.